The molecule has 0 bridgehead atoms. The summed E-state index contributed by atoms with van der Waals surface area (Å²) in [6.07, 6.45) is 2.49. The van der Waals surface area contributed by atoms with E-state index in [0.29, 0.717) is 29.5 Å². The van der Waals surface area contributed by atoms with Gasteiger partial charge >= 0.3 is 0 Å². The van der Waals surface area contributed by atoms with Crippen molar-refractivity contribution in [2.24, 2.45) is 5.92 Å². The number of carbonyl (C=O) groups is 1. The van der Waals surface area contributed by atoms with Crippen LogP contribution in [0.4, 0.5) is 5.82 Å². The molecule has 0 saturated carbocycles. The number of anilines is 1. The van der Waals surface area contributed by atoms with Gasteiger partial charge in [0.25, 0.3) is 5.91 Å². The van der Waals surface area contributed by atoms with Gasteiger partial charge < -0.3 is 10.2 Å². The molecule has 0 aromatic carbocycles. The van der Waals surface area contributed by atoms with Gasteiger partial charge in [-0.15, -0.1) is 0 Å². The van der Waals surface area contributed by atoms with E-state index in [2.05, 4.69) is 16.4 Å². The van der Waals surface area contributed by atoms with Crippen molar-refractivity contribution in [2.45, 2.75) is 27.2 Å². The Balaban J connectivity index is 2.86. The van der Waals surface area contributed by atoms with Crippen LogP contribution in [0.5, 0.6) is 0 Å². The topological polar surface area (TPSA) is 69.0 Å². The van der Waals surface area contributed by atoms with Gasteiger partial charge in [0.05, 0.1) is 22.6 Å². The first kappa shape index (κ1) is 17.3. The lowest BCUT2D eigenvalue weighted by Crippen LogP contribution is -2.34. The number of nitrogens with zero attached hydrogens (tertiary/aromatic N) is 3. The lowest BCUT2D eigenvalue weighted by Gasteiger charge is -2.22. The molecule has 1 atom stereocenters. The van der Waals surface area contributed by atoms with Crippen LogP contribution in [0.3, 0.4) is 0 Å². The van der Waals surface area contributed by atoms with Crippen LogP contribution < -0.4 is 5.32 Å². The molecule has 0 saturated heterocycles. The highest BCUT2D eigenvalue weighted by Gasteiger charge is 2.18. The Bertz CT molecular complexity index is 527. The number of pyridine rings is 1. The monoisotopic (exact) mass is 308 g/mol. The van der Waals surface area contributed by atoms with Crippen LogP contribution >= 0.6 is 11.6 Å². The normalized spacial score (nSPS) is 11.6. The van der Waals surface area contributed by atoms with Crippen LogP contribution in [0.15, 0.2) is 12.3 Å². The molecule has 1 unspecified atom stereocenters. The first-order chi connectivity index (χ1) is 10.0. The molecule has 21 heavy (non-hydrogen) atoms. The standard InChI is InChI=1S/C15H21ClN4O/c1-4-6-18-14-13(16)7-12(9-19-14)15(21)20(5-2)10-11(3)8-17/h7,9,11H,4-6,10H2,1-3H3,(H,18,19). The van der Waals surface area contributed by atoms with Crippen molar-refractivity contribution < 1.29 is 4.79 Å². The highest BCUT2D eigenvalue weighted by Crippen LogP contribution is 2.21. The van der Waals surface area contributed by atoms with Crippen LogP contribution in [0.25, 0.3) is 0 Å². The fourth-order valence-corrected chi connectivity index (χ4v) is 2.07. The number of halogens is 1. The molecule has 6 heteroatoms. The number of nitrogens with one attached hydrogen (secondary N) is 1. The molecule has 1 N–H and O–H groups in total. The number of hydrogen-bond acceptors (Lipinski definition) is 4. The van der Waals surface area contributed by atoms with Gasteiger partial charge in [-0.25, -0.2) is 4.98 Å². The van der Waals surface area contributed by atoms with Gasteiger partial charge in [0.2, 0.25) is 0 Å². The molecule has 114 valence electrons. The van der Waals surface area contributed by atoms with Crippen LogP contribution in [-0.2, 0) is 0 Å². The van der Waals surface area contributed by atoms with Gasteiger partial charge in [-0.2, -0.15) is 5.26 Å². The van der Waals surface area contributed by atoms with E-state index in [1.54, 1.807) is 17.9 Å². The van der Waals surface area contributed by atoms with E-state index in [9.17, 15) is 4.79 Å². The van der Waals surface area contributed by atoms with Crippen molar-refractivity contribution in [3.63, 3.8) is 0 Å². The van der Waals surface area contributed by atoms with E-state index < -0.39 is 0 Å². The second-order valence-corrected chi connectivity index (χ2v) is 5.26. The molecular weight excluding hydrogens is 288 g/mol. The van der Waals surface area contributed by atoms with Gasteiger partial charge in [0, 0.05) is 25.8 Å². The predicted octanol–water partition coefficient (Wildman–Crippen LogP) is 3.18. The molecule has 0 spiro atoms. The Morgan fingerprint density at radius 1 is 1.57 bits per heavy atom. The average molecular weight is 309 g/mol. The second-order valence-electron chi connectivity index (χ2n) is 4.86. The quantitative estimate of drug-likeness (QED) is 0.840. The molecular formula is C15H21ClN4O. The fraction of sp³-hybridized carbons (Fsp3) is 0.533. The minimum atomic E-state index is -0.206. The van der Waals surface area contributed by atoms with E-state index in [1.165, 1.54) is 6.20 Å². The molecule has 5 nitrogen and oxygen atoms in total. The lowest BCUT2D eigenvalue weighted by molar-refractivity contribution is 0.0752. The first-order valence-electron chi connectivity index (χ1n) is 7.11. The number of rotatable bonds is 7. The molecule has 1 aromatic rings. The van der Waals surface area contributed by atoms with Crippen LogP contribution in [0.2, 0.25) is 5.02 Å². The van der Waals surface area contributed by atoms with E-state index in [1.807, 2.05) is 13.8 Å². The fourth-order valence-electron chi connectivity index (χ4n) is 1.84. The predicted molar refractivity (Wildman–Crippen MR) is 84.4 cm³/mol. The Hall–Kier alpha value is -1.80. The summed E-state index contributed by atoms with van der Waals surface area (Å²) in [6, 6.07) is 3.75. The summed E-state index contributed by atoms with van der Waals surface area (Å²) < 4.78 is 0. The zero-order valence-electron chi connectivity index (χ0n) is 12.7. The summed E-state index contributed by atoms with van der Waals surface area (Å²) in [6.45, 7) is 7.44. The average Bonchev–Trinajstić information content (AvgIpc) is 2.50. The first-order valence-corrected chi connectivity index (χ1v) is 7.49. The minimum absolute atomic E-state index is 0.156. The van der Waals surface area contributed by atoms with Crippen LogP contribution in [0.1, 0.15) is 37.6 Å². The van der Waals surface area contributed by atoms with Crippen molar-refractivity contribution in [1.29, 1.82) is 5.26 Å². The summed E-state index contributed by atoms with van der Waals surface area (Å²) in [5, 5.41) is 12.4. The van der Waals surface area contributed by atoms with Gasteiger partial charge in [-0.1, -0.05) is 18.5 Å². The van der Waals surface area contributed by atoms with Crippen molar-refractivity contribution in [1.82, 2.24) is 9.88 Å². The van der Waals surface area contributed by atoms with Crippen molar-refractivity contribution in [3.8, 4) is 6.07 Å². The minimum Gasteiger partial charge on any atom is -0.369 e. The van der Waals surface area contributed by atoms with E-state index in [0.717, 1.165) is 13.0 Å². The third-order valence-electron chi connectivity index (χ3n) is 3.01. The summed E-state index contributed by atoms with van der Waals surface area (Å²) in [5.74, 6) is 0.224. The molecule has 1 aromatic heterocycles. The third-order valence-corrected chi connectivity index (χ3v) is 3.30. The molecule has 1 amide bonds. The maximum Gasteiger partial charge on any atom is 0.255 e. The van der Waals surface area contributed by atoms with Gasteiger partial charge in [0.1, 0.15) is 5.82 Å². The largest absolute Gasteiger partial charge is 0.369 e. The number of hydrogen-bond donors (Lipinski definition) is 1. The SMILES string of the molecule is CCCNc1ncc(C(=O)N(CC)CC(C)C#N)cc1Cl. The Kier molecular flexibility index (Phi) is 6.97. The third kappa shape index (κ3) is 4.91. The van der Waals surface area contributed by atoms with Gasteiger partial charge in [-0.05, 0) is 26.3 Å². The number of carbonyl (C=O) groups excluding carboxylic acids is 1. The lowest BCUT2D eigenvalue weighted by atomic mass is 10.1. The molecule has 0 aliphatic heterocycles. The highest BCUT2D eigenvalue weighted by atomic mass is 35.5. The van der Waals surface area contributed by atoms with Crippen molar-refractivity contribution >= 4 is 23.3 Å². The van der Waals surface area contributed by atoms with E-state index >= 15 is 0 Å². The highest BCUT2D eigenvalue weighted by molar-refractivity contribution is 6.33. The van der Waals surface area contributed by atoms with E-state index in [4.69, 9.17) is 16.9 Å². The summed E-state index contributed by atoms with van der Waals surface area (Å²) in [7, 11) is 0. The molecule has 1 rings (SSSR count). The van der Waals surface area contributed by atoms with E-state index in [-0.39, 0.29) is 11.8 Å². The van der Waals surface area contributed by atoms with Crippen LogP contribution in [0, 0.1) is 17.2 Å². The molecule has 0 radical (unpaired) electrons. The van der Waals surface area contributed by atoms with Gasteiger partial charge in [0.15, 0.2) is 0 Å². The molecule has 1 heterocycles. The maximum absolute atomic E-state index is 12.4. The number of nitriles is 1. The second kappa shape index (κ2) is 8.48. The Morgan fingerprint density at radius 2 is 2.29 bits per heavy atom. The number of amides is 1. The number of aromatic nitrogens is 1. The van der Waals surface area contributed by atoms with Crippen molar-refractivity contribution in [3.05, 3.63) is 22.8 Å². The summed E-state index contributed by atoms with van der Waals surface area (Å²) in [4.78, 5) is 18.2. The molecule has 0 aliphatic carbocycles. The summed E-state index contributed by atoms with van der Waals surface area (Å²) >= 11 is 6.14. The van der Waals surface area contributed by atoms with Crippen LogP contribution in [-0.4, -0.2) is 35.4 Å². The van der Waals surface area contributed by atoms with Gasteiger partial charge in [-0.3, -0.25) is 4.79 Å². The Labute approximate surface area is 130 Å². The molecule has 0 fully saturated rings. The summed E-state index contributed by atoms with van der Waals surface area (Å²) in [5.41, 5.74) is 0.439. The molecule has 0 aliphatic rings. The smallest absolute Gasteiger partial charge is 0.255 e. The zero-order chi connectivity index (χ0) is 15.8. The van der Waals surface area contributed by atoms with Crippen molar-refractivity contribution in [2.75, 3.05) is 25.0 Å². The maximum atomic E-state index is 12.4. The zero-order valence-corrected chi connectivity index (χ0v) is 13.4. The Morgan fingerprint density at radius 3 is 2.81 bits per heavy atom.